The fourth-order valence-corrected chi connectivity index (χ4v) is 3.86. The lowest BCUT2D eigenvalue weighted by Gasteiger charge is -2.35. The number of hydrogen-bond donors (Lipinski definition) is 2. The number of aliphatic hydroxyl groups excluding tert-OH is 2. The lowest BCUT2D eigenvalue weighted by molar-refractivity contribution is -0.172. The van der Waals surface area contributed by atoms with Crippen LogP contribution in [0.4, 0.5) is 0 Å². The minimum atomic E-state index is -1.06. The first-order valence-corrected chi connectivity index (χ1v) is 10.9. The van der Waals surface area contributed by atoms with E-state index in [2.05, 4.69) is 0 Å². The van der Waals surface area contributed by atoms with Crippen LogP contribution >= 0.6 is 0 Å². The molecule has 0 radical (unpaired) electrons. The zero-order valence-electron chi connectivity index (χ0n) is 17.8. The molecule has 2 N–H and O–H groups in total. The van der Waals surface area contributed by atoms with E-state index in [-0.39, 0.29) is 6.42 Å². The predicted molar refractivity (Wildman–Crippen MR) is 115 cm³/mol. The van der Waals surface area contributed by atoms with Crippen molar-refractivity contribution >= 4 is 6.29 Å². The van der Waals surface area contributed by atoms with Crippen molar-refractivity contribution in [1.29, 1.82) is 0 Å². The summed E-state index contributed by atoms with van der Waals surface area (Å²) in [5.74, 6) is 0.821. The number of rotatable bonds is 9. The molecule has 0 aromatic heterocycles. The number of aliphatic hydroxyl groups is 2. The zero-order valence-corrected chi connectivity index (χ0v) is 17.8. The molecular formula is C25H30O6. The van der Waals surface area contributed by atoms with E-state index in [0.29, 0.717) is 32.0 Å². The lowest BCUT2D eigenvalue weighted by Crippen LogP contribution is -2.44. The summed E-state index contributed by atoms with van der Waals surface area (Å²) in [5.41, 5.74) is 4.12. The minimum absolute atomic E-state index is 0.112. The highest BCUT2D eigenvalue weighted by molar-refractivity contribution is 5.56. The summed E-state index contributed by atoms with van der Waals surface area (Å²) < 4.78 is 17.0. The van der Waals surface area contributed by atoms with Gasteiger partial charge in [0.2, 0.25) is 0 Å². The number of ether oxygens (including phenoxy) is 3. The third-order valence-electron chi connectivity index (χ3n) is 5.90. The molecular weight excluding hydrogens is 396 g/mol. The summed E-state index contributed by atoms with van der Waals surface area (Å²) in [7, 11) is 0. The van der Waals surface area contributed by atoms with Gasteiger partial charge in [0.05, 0.1) is 18.8 Å². The van der Waals surface area contributed by atoms with E-state index in [9.17, 15) is 15.0 Å². The van der Waals surface area contributed by atoms with Crippen molar-refractivity contribution in [3.63, 3.8) is 0 Å². The number of hydrogen-bond acceptors (Lipinski definition) is 6. The first-order valence-electron chi connectivity index (χ1n) is 10.9. The van der Waals surface area contributed by atoms with Gasteiger partial charge in [-0.2, -0.15) is 0 Å². The minimum Gasteiger partial charge on any atom is -0.491 e. The first kappa shape index (κ1) is 22.0. The number of carbonyl (C=O) groups is 1. The molecule has 1 saturated carbocycles. The van der Waals surface area contributed by atoms with Gasteiger partial charge in [-0.1, -0.05) is 30.3 Å². The summed E-state index contributed by atoms with van der Waals surface area (Å²) in [5, 5.41) is 20.5. The van der Waals surface area contributed by atoms with Crippen LogP contribution in [0.2, 0.25) is 0 Å². The number of carbonyl (C=O) groups excluding carboxylic acids is 1. The third kappa shape index (κ3) is 5.71. The maximum absolute atomic E-state index is 11.2. The van der Waals surface area contributed by atoms with Gasteiger partial charge in [0.15, 0.2) is 0 Å². The van der Waals surface area contributed by atoms with Crippen LogP contribution in [0, 0.1) is 6.92 Å². The lowest BCUT2D eigenvalue weighted by atomic mass is 9.90. The molecule has 6 nitrogen and oxygen atoms in total. The fourth-order valence-electron chi connectivity index (χ4n) is 3.86. The van der Waals surface area contributed by atoms with Crippen LogP contribution in [-0.2, 0) is 20.7 Å². The normalized spacial score (nSPS) is 25.9. The molecule has 1 unspecified atom stereocenters. The van der Waals surface area contributed by atoms with E-state index in [1.807, 2.05) is 49.4 Å². The topological polar surface area (TPSA) is 85.2 Å². The van der Waals surface area contributed by atoms with Crippen molar-refractivity contribution in [3.8, 4) is 5.75 Å². The van der Waals surface area contributed by atoms with Gasteiger partial charge in [0.25, 0.3) is 0 Å². The van der Waals surface area contributed by atoms with Crippen molar-refractivity contribution < 1.29 is 29.2 Å². The Labute approximate surface area is 182 Å². The van der Waals surface area contributed by atoms with Gasteiger partial charge in [-0.25, -0.2) is 0 Å². The van der Waals surface area contributed by atoms with Gasteiger partial charge < -0.3 is 29.2 Å². The second-order valence-electron chi connectivity index (χ2n) is 8.45. The summed E-state index contributed by atoms with van der Waals surface area (Å²) in [6, 6.07) is 13.9. The molecule has 1 aliphatic heterocycles. The Balaban J connectivity index is 1.40. The molecule has 4 atom stereocenters. The van der Waals surface area contributed by atoms with Crippen LogP contribution in [0.5, 0.6) is 5.75 Å². The molecule has 2 fully saturated rings. The molecule has 0 bridgehead atoms. The average molecular weight is 427 g/mol. The molecule has 0 amide bonds. The quantitative estimate of drug-likeness (QED) is 0.474. The smallest absolute Gasteiger partial charge is 0.148 e. The molecule has 2 aromatic rings. The van der Waals surface area contributed by atoms with Gasteiger partial charge in [0, 0.05) is 6.42 Å². The van der Waals surface area contributed by atoms with E-state index in [0.717, 1.165) is 28.0 Å². The maximum Gasteiger partial charge on any atom is 0.148 e. The van der Waals surface area contributed by atoms with Crippen LogP contribution in [0.25, 0.3) is 0 Å². The Morgan fingerprint density at radius 1 is 1.10 bits per heavy atom. The van der Waals surface area contributed by atoms with E-state index in [1.165, 1.54) is 12.8 Å². The van der Waals surface area contributed by atoms with Crippen molar-refractivity contribution in [2.75, 3.05) is 13.2 Å². The first-order chi connectivity index (χ1) is 15.0. The van der Waals surface area contributed by atoms with E-state index in [1.54, 1.807) is 0 Å². The molecule has 1 aliphatic carbocycles. The summed E-state index contributed by atoms with van der Waals surface area (Å²) in [6.07, 6.45) is 0.791. The Morgan fingerprint density at radius 3 is 2.58 bits per heavy atom. The number of aryl methyl sites for hydroxylation is 1. The second kappa shape index (κ2) is 9.92. The molecule has 2 aliphatic rings. The third-order valence-corrected chi connectivity index (χ3v) is 5.90. The molecule has 0 spiro atoms. The van der Waals surface area contributed by atoms with Crippen LogP contribution < -0.4 is 4.74 Å². The largest absolute Gasteiger partial charge is 0.491 e. The fraction of sp³-hybridized carbons (Fsp3) is 0.480. The molecule has 2 aromatic carbocycles. The highest BCUT2D eigenvalue weighted by Crippen LogP contribution is 2.33. The summed E-state index contributed by atoms with van der Waals surface area (Å²) >= 11 is 0. The summed E-state index contributed by atoms with van der Waals surface area (Å²) in [6.45, 7) is 3.21. The van der Waals surface area contributed by atoms with Gasteiger partial charge in [-0.3, -0.25) is 0 Å². The Hall–Kier alpha value is -2.25. The van der Waals surface area contributed by atoms with Gasteiger partial charge in [0.1, 0.15) is 37.0 Å². The van der Waals surface area contributed by atoms with E-state index >= 15 is 0 Å². The van der Waals surface area contributed by atoms with Crippen molar-refractivity contribution in [1.82, 2.24) is 0 Å². The maximum atomic E-state index is 11.2. The standard InChI is InChI=1S/C25H30O6/c1-16-2-5-18(25-24(28)23(27)14-22(15-26)31-25)13-19(16)12-17-3-6-20(7-4-17)29-10-11-30-21-8-9-21/h2-7,13,15,21-25,27-28H,8-12,14H2,1H3/t22?,23-,24+,25-/m0/s1. The van der Waals surface area contributed by atoms with Gasteiger partial charge in [-0.15, -0.1) is 0 Å². The predicted octanol–water partition coefficient (Wildman–Crippen LogP) is 2.89. The second-order valence-corrected chi connectivity index (χ2v) is 8.45. The SMILES string of the molecule is Cc1ccc([C@@H]2OC(C=O)C[C@H](O)[C@H]2O)cc1Cc1ccc(OCCOC2CC2)cc1. The van der Waals surface area contributed by atoms with Crippen LogP contribution in [0.15, 0.2) is 42.5 Å². The average Bonchev–Trinajstić information content (AvgIpc) is 3.60. The van der Waals surface area contributed by atoms with Crippen LogP contribution in [0.1, 0.15) is 47.6 Å². The Bertz CT molecular complexity index is 876. The van der Waals surface area contributed by atoms with E-state index in [4.69, 9.17) is 14.2 Å². The molecule has 1 saturated heterocycles. The number of aldehydes is 1. The molecule has 31 heavy (non-hydrogen) atoms. The Morgan fingerprint density at radius 2 is 1.87 bits per heavy atom. The zero-order chi connectivity index (χ0) is 21.8. The van der Waals surface area contributed by atoms with Crippen molar-refractivity contribution in [2.24, 2.45) is 0 Å². The Kier molecular flexibility index (Phi) is 7.02. The van der Waals surface area contributed by atoms with Crippen LogP contribution in [-0.4, -0.2) is 54.1 Å². The highest BCUT2D eigenvalue weighted by atomic mass is 16.5. The van der Waals surface area contributed by atoms with Crippen LogP contribution in [0.3, 0.4) is 0 Å². The molecule has 1 heterocycles. The molecule has 6 heteroatoms. The summed E-state index contributed by atoms with van der Waals surface area (Å²) in [4.78, 5) is 11.2. The molecule has 4 rings (SSSR count). The van der Waals surface area contributed by atoms with Crippen molar-refractivity contribution in [2.45, 2.75) is 63.1 Å². The molecule has 166 valence electrons. The highest BCUT2D eigenvalue weighted by Gasteiger charge is 2.37. The monoisotopic (exact) mass is 426 g/mol. The van der Waals surface area contributed by atoms with Gasteiger partial charge in [-0.05, 0) is 60.6 Å². The number of benzene rings is 2. The van der Waals surface area contributed by atoms with Crippen molar-refractivity contribution in [3.05, 3.63) is 64.7 Å². The van der Waals surface area contributed by atoms with E-state index < -0.39 is 24.4 Å². The van der Waals surface area contributed by atoms with Gasteiger partial charge >= 0.3 is 0 Å².